The minimum atomic E-state index is -2.20. The largest absolute Gasteiger partial charge is 0.441 e. The number of primary amides is 3. The number of rotatable bonds is 36. The molecule has 0 bridgehead atoms. The molecule has 99 heavy (non-hydrogen) atoms. The Balaban J connectivity index is 1.12. The van der Waals surface area contributed by atoms with Crippen LogP contribution in [0.1, 0.15) is 101 Å². The fraction of sp³-hybridized carbons (Fsp3) is 0.607. The summed E-state index contributed by atoms with van der Waals surface area (Å²) < 4.78 is 28.8. The van der Waals surface area contributed by atoms with Crippen molar-refractivity contribution in [2.75, 3.05) is 45.1 Å². The highest BCUT2D eigenvalue weighted by molar-refractivity contribution is 7.14. The van der Waals surface area contributed by atoms with Crippen LogP contribution >= 0.6 is 22.7 Å². The summed E-state index contributed by atoms with van der Waals surface area (Å²) in [5.74, 6) is -8.73. The Morgan fingerprint density at radius 1 is 0.808 bits per heavy atom. The molecule has 0 unspecified atom stereocenters. The van der Waals surface area contributed by atoms with Gasteiger partial charge >= 0.3 is 6.09 Å². The third-order valence-electron chi connectivity index (χ3n) is 16.2. The summed E-state index contributed by atoms with van der Waals surface area (Å²) >= 11 is 2.48. The number of aromatic amines is 1. The Morgan fingerprint density at radius 2 is 1.51 bits per heavy atom. The molecular weight excluding hydrogens is 1350 g/mol. The van der Waals surface area contributed by atoms with E-state index in [1.165, 1.54) is 43.4 Å². The maximum Gasteiger partial charge on any atom is 0.404 e. The number of aliphatic imine (C=N–C) groups is 1. The SMILES string of the molecule is Cc1c(N)nc([C@@H](CC(N)=O)NC[C@@H](N)C(N)=O)nc1C(=O)N[C@@H](C(=O)N[C@H](C)[C@@H](O)[C@H](C)C(=O)N[C@@H](C(=O)NCCc1nc(-c2nc(C(=O)NCCCCN=C(N)N)cs2)cs1)C1(O)CC1)[C@H](O[C@@H]1O[C@@H](CO)[C@H](O)[C@H](O)[C@H]1O[C@H]1O[C@H](CO)[C@@H](O)[C@H](OC(N)=O)[C@H]1O)c1cnc[nH]1. The van der Waals surface area contributed by atoms with Crippen molar-refractivity contribution in [1.82, 2.24) is 61.8 Å². The first-order valence-corrected chi connectivity index (χ1v) is 32.7. The number of anilines is 1. The van der Waals surface area contributed by atoms with E-state index in [9.17, 15) is 74.4 Å². The Hall–Kier alpha value is -8.38. The zero-order valence-corrected chi connectivity index (χ0v) is 55.2. The van der Waals surface area contributed by atoms with Crippen molar-refractivity contribution < 1.29 is 103 Å². The van der Waals surface area contributed by atoms with Crippen LogP contribution in [-0.4, -0.2) is 261 Å². The van der Waals surface area contributed by atoms with Crippen molar-refractivity contribution in [2.45, 2.75) is 169 Å². The number of nitrogens with zero attached hydrogens (tertiary/aromatic N) is 6. The third kappa shape index (κ3) is 20.4. The molecule has 41 nitrogen and oxygen atoms in total. The number of aliphatic hydroxyl groups is 8. The number of unbranched alkanes of at least 4 members (excludes halogenated alkanes) is 1. The highest BCUT2D eigenvalue weighted by atomic mass is 32.1. The molecule has 546 valence electrons. The molecule has 4 aromatic rings. The Bertz CT molecular complexity index is 3470. The summed E-state index contributed by atoms with van der Waals surface area (Å²) in [5.41, 5.74) is 37.0. The number of ether oxygens (including phenoxy) is 5. The molecule has 29 N–H and O–H groups in total. The molecule has 8 amide bonds. The Labute approximate surface area is 571 Å². The molecular formula is C56H84N20O21S2. The highest BCUT2D eigenvalue weighted by Crippen LogP contribution is 2.39. The smallest absolute Gasteiger partial charge is 0.404 e. The summed E-state index contributed by atoms with van der Waals surface area (Å²) in [4.78, 5) is 135. The maximum absolute atomic E-state index is 15.2. The highest BCUT2D eigenvalue weighted by Gasteiger charge is 2.55. The van der Waals surface area contributed by atoms with E-state index in [2.05, 4.69) is 66.8 Å². The van der Waals surface area contributed by atoms with E-state index in [4.69, 9.17) is 63.8 Å². The van der Waals surface area contributed by atoms with Gasteiger partial charge in [-0.15, -0.1) is 22.7 Å². The van der Waals surface area contributed by atoms with E-state index in [-0.39, 0.29) is 72.8 Å². The predicted molar refractivity (Wildman–Crippen MR) is 342 cm³/mol. The molecule has 3 fully saturated rings. The molecule has 7 rings (SSSR count). The molecule has 1 saturated carbocycles. The number of carbonyl (C=O) groups excluding carboxylic acids is 8. The number of nitrogens with two attached hydrogens (primary N) is 7. The van der Waals surface area contributed by atoms with Crippen molar-refractivity contribution in [1.29, 1.82) is 0 Å². The molecule has 2 aliphatic heterocycles. The predicted octanol–water partition coefficient (Wildman–Crippen LogP) is -8.77. The van der Waals surface area contributed by atoms with Gasteiger partial charge < -0.3 is 142 Å². The second kappa shape index (κ2) is 35.1. The van der Waals surface area contributed by atoms with Gasteiger partial charge in [-0.2, -0.15) is 0 Å². The lowest BCUT2D eigenvalue weighted by molar-refractivity contribution is -0.372. The molecule has 2 saturated heterocycles. The number of H-pyrrole nitrogens is 1. The average molecular weight is 1440 g/mol. The van der Waals surface area contributed by atoms with E-state index < -0.39 is 182 Å². The lowest BCUT2D eigenvalue weighted by Gasteiger charge is -2.47. The molecule has 0 spiro atoms. The minimum absolute atomic E-state index is 0.00935. The molecule has 0 radical (unpaired) electrons. The normalized spacial score (nSPS) is 24.2. The zero-order valence-electron chi connectivity index (χ0n) is 53.6. The lowest BCUT2D eigenvalue weighted by Crippen LogP contribution is -2.65. The van der Waals surface area contributed by atoms with Gasteiger partial charge in [-0.1, -0.05) is 6.92 Å². The molecule has 18 atom stereocenters. The number of hydrogen-bond donors (Lipinski definition) is 22. The van der Waals surface area contributed by atoms with E-state index in [1.807, 2.05) is 0 Å². The Morgan fingerprint density at radius 3 is 2.14 bits per heavy atom. The topological polar surface area (TPSA) is 691 Å². The van der Waals surface area contributed by atoms with Crippen molar-refractivity contribution in [2.24, 2.45) is 45.3 Å². The second-order valence-corrected chi connectivity index (χ2v) is 25.4. The lowest BCUT2D eigenvalue weighted by atomic mass is 9.96. The second-order valence-electron chi connectivity index (χ2n) is 23.6. The minimum Gasteiger partial charge on any atom is -0.441 e. The van der Waals surface area contributed by atoms with Crippen LogP contribution < -0.4 is 72.0 Å². The van der Waals surface area contributed by atoms with Gasteiger partial charge in [0.25, 0.3) is 11.8 Å². The number of nitrogen functional groups attached to an aromatic ring is 1. The first kappa shape index (κ1) is 78.0. The van der Waals surface area contributed by atoms with Gasteiger partial charge in [0, 0.05) is 55.3 Å². The zero-order chi connectivity index (χ0) is 72.7. The van der Waals surface area contributed by atoms with Crippen LogP contribution in [0.3, 0.4) is 0 Å². The van der Waals surface area contributed by atoms with E-state index >= 15 is 4.79 Å². The number of amides is 8. The summed E-state index contributed by atoms with van der Waals surface area (Å²) in [6.45, 7) is 2.23. The monoisotopic (exact) mass is 1440 g/mol. The van der Waals surface area contributed by atoms with E-state index in [0.29, 0.717) is 41.6 Å². The average Bonchev–Trinajstić information content (AvgIpc) is 1.55. The van der Waals surface area contributed by atoms with Gasteiger partial charge in [0.1, 0.15) is 94.6 Å². The number of aromatic nitrogens is 6. The van der Waals surface area contributed by atoms with Crippen molar-refractivity contribution >= 4 is 81.9 Å². The number of carbonyl (C=O) groups is 8. The van der Waals surface area contributed by atoms with Gasteiger partial charge in [-0.05, 0) is 39.5 Å². The quantitative estimate of drug-likeness (QED) is 0.0114. The first-order chi connectivity index (χ1) is 46.9. The van der Waals surface area contributed by atoms with Crippen LogP contribution in [0.25, 0.3) is 10.7 Å². The van der Waals surface area contributed by atoms with Crippen molar-refractivity contribution in [3.05, 3.63) is 56.8 Å². The van der Waals surface area contributed by atoms with Crippen LogP contribution in [0.15, 0.2) is 28.3 Å². The van der Waals surface area contributed by atoms with Gasteiger partial charge in [-0.3, -0.25) is 38.6 Å². The van der Waals surface area contributed by atoms with Crippen LogP contribution in [0.2, 0.25) is 0 Å². The molecule has 3 aliphatic rings. The van der Waals surface area contributed by atoms with E-state index in [0.717, 1.165) is 12.5 Å². The maximum atomic E-state index is 15.2. The van der Waals surface area contributed by atoms with Crippen LogP contribution in [0.5, 0.6) is 0 Å². The number of aliphatic hydroxyl groups excluding tert-OH is 7. The van der Waals surface area contributed by atoms with Crippen LogP contribution in [0.4, 0.5) is 10.6 Å². The number of hydrogen-bond acceptors (Lipinski definition) is 32. The van der Waals surface area contributed by atoms with E-state index in [1.54, 1.807) is 10.8 Å². The summed E-state index contributed by atoms with van der Waals surface area (Å²) in [5, 5.41) is 109. The number of nitrogens with one attached hydrogen (secondary N) is 7. The van der Waals surface area contributed by atoms with Gasteiger partial charge in [-0.25, -0.2) is 29.7 Å². The first-order valence-electron chi connectivity index (χ1n) is 30.9. The summed E-state index contributed by atoms with van der Waals surface area (Å²) in [6, 6.07) is -7.82. The number of imidazole rings is 1. The third-order valence-corrected chi connectivity index (χ3v) is 18.0. The molecule has 1 aliphatic carbocycles. The standard InChI is InChI=1S/C56H84N20O21S2/c1-20-32(73-45(76-43(20)59)24(12-30(58)79)68-13-23(57)44(60)85)48(88)74-33(39(25-14-64-19-69-25)95-53-41(37(83)35(81)28(15-77)94-53)96-52-38(84)40(97-55(63)91)36(82)29(16-78)93-52)49(89)70-22(3)34(80)21(2)46(86)75-42(56(92)7-8-56)50(90)66-11-6-31-71-27(18-98-31)51-72-26(17-99-51)47(87)65-9-4-5-10-67-54(61)62/h14,17-19,21-24,28-29,33-42,52-53,68,77-78,80-84,92H,4-13,15-16,57H2,1-3H3,(H2,58,79)(H2,60,85)(H2,63,91)(H,64,69)(H,65,87)(H,66,90)(H,70,89)(H,74,88)(H,75,86)(H2,59,73,76)(H4,61,62,67)/t21-,22+,23+,24+,28-,29+,33+,34-,35-,36+,37-,38+,39+,40-,41+,42-,52+,53-/m0/s1. The fourth-order valence-corrected chi connectivity index (χ4v) is 11.9. The fourth-order valence-electron chi connectivity index (χ4n) is 10.3. The molecule has 43 heteroatoms. The summed E-state index contributed by atoms with van der Waals surface area (Å²) in [7, 11) is 0. The number of guanidine groups is 1. The van der Waals surface area contributed by atoms with Crippen molar-refractivity contribution in [3.8, 4) is 10.7 Å². The van der Waals surface area contributed by atoms with Crippen LogP contribution in [0, 0.1) is 12.8 Å². The summed E-state index contributed by atoms with van der Waals surface area (Å²) in [6.07, 6.45) is -22.1. The molecule has 0 aromatic carbocycles. The van der Waals surface area contributed by atoms with Gasteiger partial charge in [0.05, 0.1) is 72.2 Å². The molecule has 6 heterocycles. The van der Waals surface area contributed by atoms with Crippen molar-refractivity contribution in [3.63, 3.8) is 0 Å². The Kier molecular flexibility index (Phi) is 27.6. The number of thiazole rings is 2. The van der Waals surface area contributed by atoms with Gasteiger partial charge in [0.15, 0.2) is 24.6 Å². The molecule has 4 aromatic heterocycles. The van der Waals surface area contributed by atoms with Crippen LogP contribution in [-0.2, 0) is 54.1 Å². The van der Waals surface area contributed by atoms with Gasteiger partial charge in [0.2, 0.25) is 29.5 Å².